The van der Waals surface area contributed by atoms with Crippen LogP contribution in [0.5, 0.6) is 0 Å². The van der Waals surface area contributed by atoms with Crippen LogP contribution in [-0.2, 0) is 25.4 Å². The molecule has 3 heterocycles. The number of piperazine rings is 1. The Morgan fingerprint density at radius 1 is 0.722 bits per heavy atom. The molecule has 0 bridgehead atoms. The predicted molar refractivity (Wildman–Crippen MR) is 144 cm³/mol. The fourth-order valence-electron chi connectivity index (χ4n) is 4.87. The number of anilines is 1. The highest BCUT2D eigenvalue weighted by Crippen LogP contribution is 2.38. The number of hydrogen-bond acceptors (Lipinski definition) is 6. The van der Waals surface area contributed by atoms with E-state index < -0.39 is 0 Å². The van der Waals surface area contributed by atoms with Gasteiger partial charge in [-0.2, -0.15) is 0 Å². The van der Waals surface area contributed by atoms with E-state index in [0.29, 0.717) is 26.4 Å². The third kappa shape index (κ3) is 6.67. The molecule has 3 fully saturated rings. The van der Waals surface area contributed by atoms with E-state index in [0.717, 1.165) is 43.7 Å². The van der Waals surface area contributed by atoms with Crippen molar-refractivity contribution in [3.8, 4) is 0 Å². The molecule has 198 valence electrons. The Morgan fingerprint density at radius 2 is 1.19 bits per heavy atom. The molecule has 0 unspecified atom stereocenters. The van der Waals surface area contributed by atoms with E-state index in [2.05, 4.69) is 72.3 Å². The Labute approximate surface area is 217 Å². The summed E-state index contributed by atoms with van der Waals surface area (Å²) in [4.78, 5) is 4.81. The molecule has 0 aliphatic carbocycles. The van der Waals surface area contributed by atoms with Gasteiger partial charge in [0.15, 0.2) is 12.6 Å². The van der Waals surface area contributed by atoms with Gasteiger partial charge in [0.25, 0.3) is 0 Å². The Morgan fingerprint density at radius 3 is 1.67 bits per heavy atom. The summed E-state index contributed by atoms with van der Waals surface area (Å²) < 4.78 is 24.5. The number of likely N-dealkylation sites (N-methyl/N-ethyl adjacent to an activating group) is 1. The van der Waals surface area contributed by atoms with Crippen molar-refractivity contribution in [3.05, 3.63) is 65.2 Å². The quantitative estimate of drug-likeness (QED) is 0.520. The highest BCUT2D eigenvalue weighted by atomic mass is 16.7. The Balaban J connectivity index is 0.00000148. The first-order chi connectivity index (χ1) is 17.6. The van der Waals surface area contributed by atoms with Crippen LogP contribution in [0.25, 0.3) is 0 Å². The van der Waals surface area contributed by atoms with Gasteiger partial charge in [-0.25, -0.2) is 0 Å². The number of hydrogen-bond donors (Lipinski definition) is 0. The van der Waals surface area contributed by atoms with Crippen LogP contribution in [0, 0.1) is 5.41 Å². The first-order valence-corrected chi connectivity index (χ1v) is 13.7. The van der Waals surface area contributed by atoms with Crippen molar-refractivity contribution in [2.75, 3.05) is 64.6 Å². The summed E-state index contributed by atoms with van der Waals surface area (Å²) in [6.07, 6.45) is 2.91. The third-order valence-corrected chi connectivity index (χ3v) is 7.27. The highest BCUT2D eigenvalue weighted by molar-refractivity contribution is 5.48. The number of ether oxygens (including phenoxy) is 4. The van der Waals surface area contributed by atoms with Crippen molar-refractivity contribution < 1.29 is 18.9 Å². The standard InChI is InChI=1S/C28H38N2O4.C2H6/c1-3-4-5-22-6-8-23(9-7-22)26-31-18-28(19-32-26)20-33-27(34-21-28)24-10-12-25(13-11-24)30-16-14-29(2)15-17-30;1-2/h6-13,26-27H,3-5,14-21H2,1-2H3;1-2H3. The summed E-state index contributed by atoms with van der Waals surface area (Å²) in [7, 11) is 2.18. The van der Waals surface area contributed by atoms with E-state index in [1.807, 2.05) is 13.8 Å². The molecule has 0 atom stereocenters. The highest BCUT2D eigenvalue weighted by Gasteiger charge is 2.42. The van der Waals surface area contributed by atoms with Crippen LogP contribution in [0.15, 0.2) is 48.5 Å². The second-order valence-corrected chi connectivity index (χ2v) is 10.1. The lowest BCUT2D eigenvalue weighted by Gasteiger charge is -2.43. The molecule has 2 aromatic carbocycles. The van der Waals surface area contributed by atoms with E-state index >= 15 is 0 Å². The van der Waals surface area contributed by atoms with Crippen molar-refractivity contribution >= 4 is 5.69 Å². The molecule has 6 heteroatoms. The minimum absolute atomic E-state index is 0.242. The molecule has 3 aliphatic rings. The maximum absolute atomic E-state index is 6.15. The molecule has 6 nitrogen and oxygen atoms in total. The fraction of sp³-hybridized carbons (Fsp3) is 0.600. The SMILES string of the molecule is CC.CCCCc1ccc(C2OCC3(CO2)COC(c2ccc(N4CCN(C)CC4)cc2)OC3)cc1. The zero-order valence-corrected chi connectivity index (χ0v) is 22.6. The maximum atomic E-state index is 6.15. The lowest BCUT2D eigenvalue weighted by atomic mass is 9.90. The summed E-state index contributed by atoms with van der Waals surface area (Å²) in [5.74, 6) is 0. The molecule has 0 aromatic heterocycles. The molecule has 2 aromatic rings. The number of nitrogens with zero attached hydrogens (tertiary/aromatic N) is 2. The minimum atomic E-state index is -0.333. The van der Waals surface area contributed by atoms with E-state index in [1.54, 1.807) is 0 Å². The van der Waals surface area contributed by atoms with Crippen LogP contribution in [0.4, 0.5) is 5.69 Å². The van der Waals surface area contributed by atoms with Crippen molar-refractivity contribution in [3.63, 3.8) is 0 Å². The Kier molecular flexibility index (Phi) is 9.80. The zero-order valence-electron chi connectivity index (χ0n) is 22.6. The van der Waals surface area contributed by atoms with Crippen LogP contribution in [0.3, 0.4) is 0 Å². The average Bonchev–Trinajstić information content (AvgIpc) is 2.95. The predicted octanol–water partition coefficient (Wildman–Crippen LogP) is 5.58. The number of benzene rings is 2. The molecule has 36 heavy (non-hydrogen) atoms. The van der Waals surface area contributed by atoms with Crippen molar-refractivity contribution in [2.45, 2.75) is 52.6 Å². The number of aryl methyl sites for hydroxylation is 1. The smallest absolute Gasteiger partial charge is 0.183 e. The normalized spacial score (nSPS) is 26.9. The van der Waals surface area contributed by atoms with Gasteiger partial charge in [-0.3, -0.25) is 0 Å². The van der Waals surface area contributed by atoms with Gasteiger partial charge in [-0.15, -0.1) is 0 Å². The van der Waals surface area contributed by atoms with Crippen molar-refractivity contribution in [2.24, 2.45) is 5.41 Å². The Hall–Kier alpha value is -1.96. The van der Waals surface area contributed by atoms with Gasteiger partial charge in [0.1, 0.15) is 0 Å². The van der Waals surface area contributed by atoms with E-state index in [-0.39, 0.29) is 18.0 Å². The molecule has 1 spiro atoms. The van der Waals surface area contributed by atoms with E-state index in [4.69, 9.17) is 18.9 Å². The van der Waals surface area contributed by atoms with Crippen LogP contribution in [0.1, 0.15) is 62.9 Å². The van der Waals surface area contributed by atoms with Gasteiger partial charge in [-0.1, -0.05) is 63.6 Å². The fourth-order valence-corrected chi connectivity index (χ4v) is 4.87. The van der Waals surface area contributed by atoms with Gasteiger partial charge >= 0.3 is 0 Å². The number of rotatable bonds is 6. The van der Waals surface area contributed by atoms with E-state index in [9.17, 15) is 0 Å². The van der Waals surface area contributed by atoms with Gasteiger partial charge in [0.05, 0.1) is 31.8 Å². The summed E-state index contributed by atoms with van der Waals surface area (Å²) in [6, 6.07) is 17.3. The zero-order chi connectivity index (χ0) is 25.4. The summed E-state index contributed by atoms with van der Waals surface area (Å²) in [6.45, 7) is 12.9. The largest absolute Gasteiger partial charge is 0.369 e. The van der Waals surface area contributed by atoms with Gasteiger partial charge in [0.2, 0.25) is 0 Å². The number of unbranched alkanes of at least 4 members (excludes halogenated alkanes) is 1. The molecule has 0 saturated carbocycles. The first kappa shape index (κ1) is 27.1. The topological polar surface area (TPSA) is 43.4 Å². The van der Waals surface area contributed by atoms with Gasteiger partial charge in [0, 0.05) is 43.0 Å². The lowest BCUT2D eigenvalue weighted by molar-refractivity contribution is -0.307. The molecule has 3 aliphatic heterocycles. The van der Waals surface area contributed by atoms with Crippen LogP contribution in [0.2, 0.25) is 0 Å². The van der Waals surface area contributed by atoms with Crippen LogP contribution in [-0.4, -0.2) is 64.6 Å². The van der Waals surface area contributed by atoms with Gasteiger partial charge in [-0.05, 0) is 37.6 Å². The summed E-state index contributed by atoms with van der Waals surface area (Å²) >= 11 is 0. The van der Waals surface area contributed by atoms with Crippen LogP contribution >= 0.6 is 0 Å². The molecule has 3 saturated heterocycles. The lowest BCUT2D eigenvalue weighted by Crippen LogP contribution is -2.49. The minimum Gasteiger partial charge on any atom is -0.369 e. The third-order valence-electron chi connectivity index (χ3n) is 7.27. The second kappa shape index (κ2) is 13.0. The molecule has 0 amide bonds. The summed E-state index contributed by atoms with van der Waals surface area (Å²) in [5.41, 5.74) is 4.53. The molecular formula is C30H44N2O4. The van der Waals surface area contributed by atoms with Crippen molar-refractivity contribution in [1.82, 2.24) is 4.90 Å². The molecule has 5 rings (SSSR count). The Bertz CT molecular complexity index is 892. The molecule has 0 N–H and O–H groups in total. The maximum Gasteiger partial charge on any atom is 0.183 e. The van der Waals surface area contributed by atoms with E-state index in [1.165, 1.54) is 24.1 Å². The summed E-state index contributed by atoms with van der Waals surface area (Å²) in [5, 5.41) is 0. The van der Waals surface area contributed by atoms with Crippen LogP contribution < -0.4 is 4.90 Å². The van der Waals surface area contributed by atoms with Gasteiger partial charge < -0.3 is 28.7 Å². The first-order valence-electron chi connectivity index (χ1n) is 13.7. The molecule has 0 radical (unpaired) electrons. The molecular weight excluding hydrogens is 452 g/mol. The average molecular weight is 497 g/mol. The van der Waals surface area contributed by atoms with Crippen molar-refractivity contribution in [1.29, 1.82) is 0 Å². The monoisotopic (exact) mass is 496 g/mol. The second-order valence-electron chi connectivity index (χ2n) is 10.1.